The van der Waals surface area contributed by atoms with Crippen molar-refractivity contribution in [1.82, 2.24) is 0 Å². The Morgan fingerprint density at radius 2 is 1.93 bits per heavy atom. The standard InChI is InChI=1S/C20H24N2O6/c1-11(2)6-9-16(28-12(3)23)13-10-17(26-4)18-14(21-24)7-8-15(22-25)19(18)20(13)27-5/h6-8,10,16,21,24H,9H2,1-5H3/t16-/m0/s1. The molecule has 0 heterocycles. The fourth-order valence-corrected chi connectivity index (χ4v) is 3.07. The van der Waals surface area contributed by atoms with Gasteiger partial charge in [0.2, 0.25) is 0 Å². The maximum absolute atomic E-state index is 11.7. The lowest BCUT2D eigenvalue weighted by Gasteiger charge is -2.22. The molecule has 1 atom stereocenters. The number of methoxy groups -OCH3 is 2. The molecule has 0 aliphatic carbocycles. The molecule has 8 heteroatoms. The van der Waals surface area contributed by atoms with Crippen molar-refractivity contribution in [1.29, 1.82) is 0 Å². The minimum absolute atomic E-state index is 0.106. The maximum Gasteiger partial charge on any atom is 0.303 e. The summed E-state index contributed by atoms with van der Waals surface area (Å²) < 4.78 is 16.6. The van der Waals surface area contributed by atoms with Crippen LogP contribution in [0.25, 0.3) is 10.8 Å². The Morgan fingerprint density at radius 3 is 2.43 bits per heavy atom. The van der Waals surface area contributed by atoms with Crippen molar-refractivity contribution in [3.05, 3.63) is 40.3 Å². The Bertz CT molecular complexity index is 919. The highest BCUT2D eigenvalue weighted by molar-refractivity contribution is 6.08. The molecule has 0 aromatic heterocycles. The van der Waals surface area contributed by atoms with Crippen LogP contribution in [0, 0.1) is 4.91 Å². The Morgan fingerprint density at radius 1 is 1.21 bits per heavy atom. The Kier molecular flexibility index (Phi) is 6.94. The number of anilines is 1. The zero-order valence-electron chi connectivity index (χ0n) is 16.5. The van der Waals surface area contributed by atoms with E-state index < -0.39 is 12.1 Å². The molecule has 0 spiro atoms. The summed E-state index contributed by atoms with van der Waals surface area (Å²) >= 11 is 0. The summed E-state index contributed by atoms with van der Waals surface area (Å²) in [5.74, 6) is 0.228. The molecule has 0 fully saturated rings. The van der Waals surface area contributed by atoms with Gasteiger partial charge in [0.05, 0.1) is 30.7 Å². The van der Waals surface area contributed by atoms with Gasteiger partial charge in [-0.3, -0.25) is 15.5 Å². The first-order valence-electron chi connectivity index (χ1n) is 8.63. The van der Waals surface area contributed by atoms with E-state index in [9.17, 15) is 14.9 Å². The van der Waals surface area contributed by atoms with Gasteiger partial charge in [0.25, 0.3) is 0 Å². The van der Waals surface area contributed by atoms with Gasteiger partial charge in [-0.1, -0.05) is 11.6 Å². The molecular weight excluding hydrogens is 364 g/mol. The molecule has 2 aromatic rings. The first-order chi connectivity index (χ1) is 13.4. The number of nitroso groups, excluding NO2 is 1. The van der Waals surface area contributed by atoms with Crippen LogP contribution >= 0.6 is 0 Å². The minimum Gasteiger partial charge on any atom is -0.496 e. The average Bonchev–Trinajstić information content (AvgIpc) is 2.68. The molecule has 0 amide bonds. The number of hydrogen-bond donors (Lipinski definition) is 2. The number of carbonyl (C=O) groups excluding carboxylic acids is 1. The maximum atomic E-state index is 11.7. The first kappa shape index (κ1) is 21.2. The highest BCUT2D eigenvalue weighted by Crippen LogP contribution is 2.48. The topological polar surface area (TPSA) is 106 Å². The molecule has 0 aliphatic heterocycles. The summed E-state index contributed by atoms with van der Waals surface area (Å²) in [4.78, 5) is 23.1. The quantitative estimate of drug-likeness (QED) is 0.283. The van der Waals surface area contributed by atoms with E-state index in [1.807, 2.05) is 19.9 Å². The van der Waals surface area contributed by atoms with E-state index in [0.717, 1.165) is 5.57 Å². The third-order valence-corrected chi connectivity index (χ3v) is 4.24. The molecule has 0 saturated heterocycles. The number of rotatable bonds is 8. The summed E-state index contributed by atoms with van der Waals surface area (Å²) in [6.07, 6.45) is 1.69. The summed E-state index contributed by atoms with van der Waals surface area (Å²) in [5, 5.41) is 13.3. The lowest BCUT2D eigenvalue weighted by molar-refractivity contribution is -0.146. The van der Waals surface area contributed by atoms with Crippen molar-refractivity contribution in [2.45, 2.75) is 33.3 Å². The molecule has 8 nitrogen and oxygen atoms in total. The summed E-state index contributed by atoms with van der Waals surface area (Å²) in [6.45, 7) is 5.21. The van der Waals surface area contributed by atoms with Gasteiger partial charge in [-0.15, -0.1) is 4.91 Å². The molecule has 0 aliphatic rings. The molecule has 2 aromatic carbocycles. The van der Waals surface area contributed by atoms with Crippen molar-refractivity contribution in [2.24, 2.45) is 5.18 Å². The highest BCUT2D eigenvalue weighted by Gasteiger charge is 2.26. The SMILES string of the molecule is COc1cc([C@H](CC=C(C)C)OC(C)=O)c(OC)c2c(N=O)ccc(NO)c12. The fraction of sp³-hybridized carbons (Fsp3) is 0.350. The average molecular weight is 388 g/mol. The summed E-state index contributed by atoms with van der Waals surface area (Å²) in [6, 6.07) is 4.63. The van der Waals surface area contributed by atoms with Crippen molar-refractivity contribution >= 4 is 28.1 Å². The number of nitrogens with zero attached hydrogens (tertiary/aromatic N) is 1. The van der Waals surface area contributed by atoms with Gasteiger partial charge >= 0.3 is 5.97 Å². The molecule has 150 valence electrons. The monoisotopic (exact) mass is 388 g/mol. The number of allylic oxidation sites excluding steroid dienone is 1. The number of hydrogen-bond acceptors (Lipinski definition) is 8. The van der Waals surface area contributed by atoms with E-state index >= 15 is 0 Å². The molecular formula is C20H24N2O6. The minimum atomic E-state index is -0.661. The Balaban J connectivity index is 2.89. The summed E-state index contributed by atoms with van der Waals surface area (Å²) in [7, 11) is 2.91. The lowest BCUT2D eigenvalue weighted by Crippen LogP contribution is -2.10. The number of fused-ring (bicyclic) bond motifs is 1. The normalized spacial score (nSPS) is 11.5. The summed E-state index contributed by atoms with van der Waals surface area (Å²) in [5.41, 5.74) is 4.11. The van der Waals surface area contributed by atoms with Crippen LogP contribution in [-0.4, -0.2) is 25.4 Å². The van der Waals surface area contributed by atoms with Crippen LogP contribution in [0.1, 0.15) is 38.9 Å². The molecule has 2 N–H and O–H groups in total. The number of ether oxygens (including phenoxy) is 3. The van der Waals surface area contributed by atoms with Crippen molar-refractivity contribution in [2.75, 3.05) is 19.7 Å². The molecule has 2 rings (SSSR count). The highest BCUT2D eigenvalue weighted by atomic mass is 16.5. The zero-order valence-corrected chi connectivity index (χ0v) is 16.5. The van der Waals surface area contributed by atoms with E-state index in [0.29, 0.717) is 39.9 Å². The second-order valence-corrected chi connectivity index (χ2v) is 6.40. The van der Waals surface area contributed by atoms with E-state index in [1.165, 1.54) is 33.3 Å². The van der Waals surface area contributed by atoms with E-state index in [-0.39, 0.29) is 5.69 Å². The van der Waals surface area contributed by atoms with Crippen LogP contribution in [-0.2, 0) is 9.53 Å². The molecule has 0 bridgehead atoms. The third kappa shape index (κ3) is 4.23. The van der Waals surface area contributed by atoms with Gasteiger partial charge in [-0.25, -0.2) is 0 Å². The molecule has 28 heavy (non-hydrogen) atoms. The first-order valence-corrected chi connectivity index (χ1v) is 8.63. The van der Waals surface area contributed by atoms with Crippen LogP contribution in [0.2, 0.25) is 0 Å². The van der Waals surface area contributed by atoms with Gasteiger partial charge in [-0.2, -0.15) is 0 Å². The smallest absolute Gasteiger partial charge is 0.303 e. The number of nitrogens with one attached hydrogen (secondary N) is 1. The predicted octanol–water partition coefficient (Wildman–Crippen LogP) is 5.02. The van der Waals surface area contributed by atoms with Crippen molar-refractivity contribution < 1.29 is 24.2 Å². The van der Waals surface area contributed by atoms with E-state index in [1.54, 1.807) is 6.07 Å². The third-order valence-electron chi connectivity index (χ3n) is 4.24. The van der Waals surface area contributed by atoms with Gasteiger partial charge in [0.15, 0.2) is 0 Å². The Labute approximate surface area is 163 Å². The predicted molar refractivity (Wildman–Crippen MR) is 106 cm³/mol. The molecule has 0 radical (unpaired) electrons. The van der Waals surface area contributed by atoms with Gasteiger partial charge < -0.3 is 14.2 Å². The largest absolute Gasteiger partial charge is 0.496 e. The van der Waals surface area contributed by atoms with E-state index in [4.69, 9.17) is 14.2 Å². The van der Waals surface area contributed by atoms with Crippen LogP contribution in [0.4, 0.5) is 11.4 Å². The fourth-order valence-electron chi connectivity index (χ4n) is 3.07. The second kappa shape index (κ2) is 9.18. The molecule has 0 unspecified atom stereocenters. The molecule has 0 saturated carbocycles. The van der Waals surface area contributed by atoms with Gasteiger partial charge in [0.1, 0.15) is 23.3 Å². The Hall–Kier alpha value is -3.13. The zero-order chi connectivity index (χ0) is 20.8. The second-order valence-electron chi connectivity index (χ2n) is 6.40. The van der Waals surface area contributed by atoms with E-state index in [2.05, 4.69) is 10.7 Å². The van der Waals surface area contributed by atoms with Crippen molar-refractivity contribution in [3.63, 3.8) is 0 Å². The van der Waals surface area contributed by atoms with Crippen LogP contribution < -0.4 is 15.0 Å². The van der Waals surface area contributed by atoms with Gasteiger partial charge in [0, 0.05) is 18.9 Å². The van der Waals surface area contributed by atoms with Crippen molar-refractivity contribution in [3.8, 4) is 11.5 Å². The van der Waals surface area contributed by atoms with Crippen LogP contribution in [0.15, 0.2) is 35.0 Å². The number of benzene rings is 2. The lowest BCUT2D eigenvalue weighted by atomic mass is 9.96. The van der Waals surface area contributed by atoms with Gasteiger partial charge in [-0.05, 0) is 37.2 Å². The number of carbonyl (C=O) groups is 1. The van der Waals surface area contributed by atoms with Crippen LogP contribution in [0.5, 0.6) is 11.5 Å². The van der Waals surface area contributed by atoms with Crippen LogP contribution in [0.3, 0.4) is 0 Å². The number of esters is 1.